The van der Waals surface area contributed by atoms with E-state index in [0.29, 0.717) is 5.57 Å². The third-order valence-electron chi connectivity index (χ3n) is 2.49. The molecule has 0 fully saturated rings. The van der Waals surface area contributed by atoms with Crippen molar-refractivity contribution in [2.24, 2.45) is 0 Å². The average Bonchev–Trinajstić information content (AvgIpc) is 2.83. The summed E-state index contributed by atoms with van der Waals surface area (Å²) >= 11 is 1.66. The molecule has 1 N–H and O–H groups in total. The van der Waals surface area contributed by atoms with Gasteiger partial charge in [-0.15, -0.1) is 0 Å². The zero-order valence-corrected chi connectivity index (χ0v) is 10.2. The fourth-order valence-corrected chi connectivity index (χ4v) is 2.18. The molecule has 3 heteroatoms. The summed E-state index contributed by atoms with van der Waals surface area (Å²) in [5, 5.41) is 12.9. The molecule has 1 aromatic heterocycles. The van der Waals surface area contributed by atoms with Crippen LogP contribution in [0.25, 0.3) is 17.2 Å². The molecule has 0 aliphatic heterocycles. The Kier molecular flexibility index (Phi) is 3.40. The molecule has 17 heavy (non-hydrogen) atoms. The summed E-state index contributed by atoms with van der Waals surface area (Å²) in [6.07, 6.45) is 1.67. The van der Waals surface area contributed by atoms with E-state index in [-0.39, 0.29) is 0 Å². The summed E-state index contributed by atoms with van der Waals surface area (Å²) in [4.78, 5) is 10.7. The number of carboxylic acids is 1. The molecule has 2 rings (SSSR count). The molecule has 0 aliphatic carbocycles. The van der Waals surface area contributed by atoms with Crippen molar-refractivity contribution in [3.8, 4) is 11.1 Å². The van der Waals surface area contributed by atoms with E-state index in [1.54, 1.807) is 24.3 Å². The van der Waals surface area contributed by atoms with Crippen LogP contribution in [-0.4, -0.2) is 11.1 Å². The maximum Gasteiger partial charge on any atom is 0.331 e. The Bertz CT molecular complexity index is 536. The minimum atomic E-state index is -0.882. The zero-order chi connectivity index (χ0) is 12.3. The van der Waals surface area contributed by atoms with Gasteiger partial charge in [0, 0.05) is 5.57 Å². The minimum Gasteiger partial charge on any atom is -0.478 e. The first-order valence-electron chi connectivity index (χ1n) is 5.21. The molecule has 0 saturated carbocycles. The first-order valence-corrected chi connectivity index (χ1v) is 6.15. The summed E-state index contributed by atoms with van der Waals surface area (Å²) in [6.45, 7) is 1.59. The number of thiophene rings is 1. The Hall–Kier alpha value is -1.87. The molecule has 0 unspecified atom stereocenters. The van der Waals surface area contributed by atoms with Crippen molar-refractivity contribution >= 4 is 23.4 Å². The van der Waals surface area contributed by atoms with Crippen molar-refractivity contribution in [2.75, 3.05) is 0 Å². The molecule has 0 saturated heterocycles. The number of rotatable bonds is 3. The van der Waals surface area contributed by atoms with Crippen LogP contribution in [-0.2, 0) is 4.79 Å². The largest absolute Gasteiger partial charge is 0.478 e. The third kappa shape index (κ3) is 2.82. The normalized spacial score (nSPS) is 11.5. The van der Waals surface area contributed by atoms with Gasteiger partial charge in [-0.3, -0.25) is 0 Å². The number of hydrogen-bond acceptors (Lipinski definition) is 2. The van der Waals surface area contributed by atoms with Gasteiger partial charge in [0.2, 0.25) is 0 Å². The van der Waals surface area contributed by atoms with E-state index in [9.17, 15) is 4.79 Å². The zero-order valence-electron chi connectivity index (χ0n) is 9.38. The second-order valence-corrected chi connectivity index (χ2v) is 4.55. The maximum atomic E-state index is 10.7. The number of carboxylic acid groups (broad SMARTS) is 1. The van der Waals surface area contributed by atoms with Crippen molar-refractivity contribution in [3.05, 3.63) is 52.2 Å². The summed E-state index contributed by atoms with van der Waals surface area (Å²) in [5.41, 5.74) is 3.59. The van der Waals surface area contributed by atoms with Crippen molar-refractivity contribution in [1.82, 2.24) is 0 Å². The average molecular weight is 244 g/mol. The van der Waals surface area contributed by atoms with Gasteiger partial charge in [-0.25, -0.2) is 4.79 Å². The van der Waals surface area contributed by atoms with Crippen LogP contribution in [0.15, 0.2) is 46.7 Å². The number of aliphatic carboxylic acids is 1. The van der Waals surface area contributed by atoms with Gasteiger partial charge in [0.05, 0.1) is 0 Å². The lowest BCUT2D eigenvalue weighted by atomic mass is 10.1. The molecule has 1 aromatic carbocycles. The summed E-state index contributed by atoms with van der Waals surface area (Å²) in [6, 6.07) is 9.93. The first-order chi connectivity index (χ1) is 8.16. The van der Waals surface area contributed by atoms with Crippen LogP contribution in [0, 0.1) is 0 Å². The first kappa shape index (κ1) is 11.6. The van der Waals surface area contributed by atoms with Crippen molar-refractivity contribution < 1.29 is 9.90 Å². The predicted octanol–water partition coefficient (Wildman–Crippen LogP) is 3.90. The minimum absolute atomic E-state index is 0.341. The van der Waals surface area contributed by atoms with Gasteiger partial charge in [-0.2, -0.15) is 11.3 Å². The summed E-state index contributed by atoms with van der Waals surface area (Å²) < 4.78 is 0. The summed E-state index contributed by atoms with van der Waals surface area (Å²) in [5.74, 6) is -0.882. The maximum absolute atomic E-state index is 10.7. The summed E-state index contributed by atoms with van der Waals surface area (Å²) in [7, 11) is 0. The van der Waals surface area contributed by atoms with E-state index in [0.717, 1.165) is 11.1 Å². The van der Waals surface area contributed by atoms with E-state index in [1.165, 1.54) is 5.56 Å². The highest BCUT2D eigenvalue weighted by Crippen LogP contribution is 2.22. The Morgan fingerprint density at radius 2 is 1.88 bits per heavy atom. The van der Waals surface area contributed by atoms with Crippen LogP contribution in [0.3, 0.4) is 0 Å². The molecule has 0 amide bonds. The van der Waals surface area contributed by atoms with E-state index >= 15 is 0 Å². The standard InChI is InChI=1S/C14H12O2S/c1-10(14(15)16)8-11-2-4-12(5-3-11)13-6-7-17-9-13/h2-9H,1H3,(H,15,16)/b10-8+. The van der Waals surface area contributed by atoms with Crippen LogP contribution in [0.5, 0.6) is 0 Å². The second kappa shape index (κ2) is 4.97. The molecule has 2 aromatic rings. The van der Waals surface area contributed by atoms with Gasteiger partial charge >= 0.3 is 5.97 Å². The van der Waals surface area contributed by atoms with Crippen LogP contribution in [0.2, 0.25) is 0 Å². The highest BCUT2D eigenvalue weighted by Gasteiger charge is 2.01. The van der Waals surface area contributed by atoms with Gasteiger partial charge < -0.3 is 5.11 Å². The Morgan fingerprint density at radius 1 is 1.18 bits per heavy atom. The molecule has 0 bridgehead atoms. The van der Waals surface area contributed by atoms with Crippen molar-refractivity contribution in [3.63, 3.8) is 0 Å². The van der Waals surface area contributed by atoms with Crippen LogP contribution in [0.4, 0.5) is 0 Å². The SMILES string of the molecule is C/C(=C\c1ccc(-c2ccsc2)cc1)C(=O)O. The predicted molar refractivity (Wildman–Crippen MR) is 71.0 cm³/mol. The molecule has 2 nitrogen and oxygen atoms in total. The van der Waals surface area contributed by atoms with Crippen LogP contribution in [0.1, 0.15) is 12.5 Å². The molecule has 0 aliphatic rings. The van der Waals surface area contributed by atoms with Gasteiger partial charge in [0.15, 0.2) is 0 Å². The lowest BCUT2D eigenvalue weighted by molar-refractivity contribution is -0.132. The fourth-order valence-electron chi connectivity index (χ4n) is 1.51. The lowest BCUT2D eigenvalue weighted by Crippen LogP contribution is -1.95. The van der Waals surface area contributed by atoms with E-state index < -0.39 is 5.97 Å². The molecule has 0 atom stereocenters. The van der Waals surface area contributed by atoms with Gasteiger partial charge in [0.25, 0.3) is 0 Å². The Balaban J connectivity index is 2.25. The number of carbonyl (C=O) groups is 1. The molecular formula is C14H12O2S. The monoisotopic (exact) mass is 244 g/mol. The Morgan fingerprint density at radius 3 is 2.41 bits per heavy atom. The van der Waals surface area contributed by atoms with E-state index in [4.69, 9.17) is 5.11 Å². The quantitative estimate of drug-likeness (QED) is 0.831. The lowest BCUT2D eigenvalue weighted by Gasteiger charge is -1.99. The number of hydrogen-bond donors (Lipinski definition) is 1. The van der Waals surface area contributed by atoms with Gasteiger partial charge in [0.1, 0.15) is 0 Å². The fraction of sp³-hybridized carbons (Fsp3) is 0.0714. The van der Waals surface area contributed by atoms with E-state index in [2.05, 4.69) is 11.4 Å². The molecular weight excluding hydrogens is 232 g/mol. The van der Waals surface area contributed by atoms with Crippen LogP contribution >= 0.6 is 11.3 Å². The van der Waals surface area contributed by atoms with Crippen LogP contribution < -0.4 is 0 Å². The molecule has 0 spiro atoms. The highest BCUT2D eigenvalue weighted by molar-refractivity contribution is 7.08. The third-order valence-corrected chi connectivity index (χ3v) is 3.17. The molecule has 1 heterocycles. The smallest absolute Gasteiger partial charge is 0.331 e. The van der Waals surface area contributed by atoms with Gasteiger partial charge in [-0.05, 0) is 46.5 Å². The molecule has 0 radical (unpaired) electrons. The van der Waals surface area contributed by atoms with E-state index in [1.807, 2.05) is 29.6 Å². The highest BCUT2D eigenvalue weighted by atomic mass is 32.1. The molecule has 86 valence electrons. The second-order valence-electron chi connectivity index (χ2n) is 3.77. The number of benzene rings is 1. The Labute approximate surface area is 104 Å². The van der Waals surface area contributed by atoms with Crippen molar-refractivity contribution in [2.45, 2.75) is 6.92 Å². The topological polar surface area (TPSA) is 37.3 Å². The van der Waals surface area contributed by atoms with Gasteiger partial charge in [-0.1, -0.05) is 24.3 Å². The van der Waals surface area contributed by atoms with Crippen molar-refractivity contribution in [1.29, 1.82) is 0 Å².